The van der Waals surface area contributed by atoms with E-state index in [2.05, 4.69) is 20.4 Å². The van der Waals surface area contributed by atoms with Crippen LogP contribution in [-0.4, -0.2) is 6.61 Å². The molecule has 1 aromatic rings. The number of hydrogen-bond donors (Lipinski definition) is 0. The molecule has 0 N–H and O–H groups in total. The lowest BCUT2D eigenvalue weighted by Crippen LogP contribution is -1.98. The van der Waals surface area contributed by atoms with Crippen LogP contribution in [0, 0.1) is 6.92 Å². The van der Waals surface area contributed by atoms with E-state index < -0.39 is 0 Å². The summed E-state index contributed by atoms with van der Waals surface area (Å²) >= 11 is 0. The average Bonchev–Trinajstić information content (AvgIpc) is 2.16. The van der Waals surface area contributed by atoms with Crippen LogP contribution in [0.5, 0.6) is 5.75 Å². The van der Waals surface area contributed by atoms with Crippen LogP contribution < -0.4 is 4.74 Å². The molecule has 0 radical (unpaired) electrons. The molecule has 1 heteroatoms. The summed E-state index contributed by atoms with van der Waals surface area (Å²) in [7, 11) is 0. The Hall–Kier alpha value is -1.24. The minimum Gasteiger partial charge on any atom is -0.489 e. The molecule has 0 aromatic heterocycles. The zero-order chi connectivity index (χ0) is 9.68. The summed E-state index contributed by atoms with van der Waals surface area (Å²) < 4.78 is 5.51. The van der Waals surface area contributed by atoms with Crippen LogP contribution in [0.4, 0.5) is 0 Å². The van der Waals surface area contributed by atoms with Gasteiger partial charge in [-0.2, -0.15) is 0 Å². The molecule has 0 saturated heterocycles. The topological polar surface area (TPSA) is 9.23 Å². The van der Waals surface area contributed by atoms with Crippen LogP contribution in [0.1, 0.15) is 18.9 Å². The van der Waals surface area contributed by atoms with E-state index in [1.54, 1.807) is 0 Å². The first kappa shape index (κ1) is 9.85. The van der Waals surface area contributed by atoms with E-state index in [9.17, 15) is 0 Å². The van der Waals surface area contributed by atoms with Crippen LogP contribution in [0.15, 0.2) is 36.4 Å². The fraction of sp³-hybridized carbons (Fsp3) is 0.333. The first-order valence-corrected chi connectivity index (χ1v) is 4.58. The monoisotopic (exact) mass is 176 g/mol. The van der Waals surface area contributed by atoms with Gasteiger partial charge in [0.1, 0.15) is 12.4 Å². The number of ether oxygens (including phenoxy) is 1. The molecule has 0 fully saturated rings. The van der Waals surface area contributed by atoms with Gasteiger partial charge in [-0.25, -0.2) is 0 Å². The second kappa shape index (κ2) is 4.70. The molecule has 0 heterocycles. The Morgan fingerprint density at radius 3 is 2.46 bits per heavy atom. The Morgan fingerprint density at radius 1 is 1.31 bits per heavy atom. The molecule has 70 valence electrons. The summed E-state index contributed by atoms with van der Waals surface area (Å²) in [4.78, 5) is 0. The molecular formula is C12H16O. The molecular weight excluding hydrogens is 160 g/mol. The molecule has 0 amide bonds. The second-order valence-corrected chi connectivity index (χ2v) is 3.21. The van der Waals surface area contributed by atoms with E-state index in [1.165, 1.54) is 5.56 Å². The van der Waals surface area contributed by atoms with Crippen LogP contribution in [0.25, 0.3) is 0 Å². The van der Waals surface area contributed by atoms with E-state index in [0.717, 1.165) is 17.7 Å². The minimum absolute atomic E-state index is 0.625. The molecule has 0 bridgehead atoms. The molecule has 1 nitrogen and oxygen atoms in total. The molecule has 0 aliphatic carbocycles. The van der Waals surface area contributed by atoms with Gasteiger partial charge in [0.25, 0.3) is 0 Å². The van der Waals surface area contributed by atoms with Gasteiger partial charge < -0.3 is 4.74 Å². The summed E-state index contributed by atoms with van der Waals surface area (Å²) in [5, 5.41) is 0. The van der Waals surface area contributed by atoms with E-state index >= 15 is 0 Å². The third-order valence-corrected chi connectivity index (χ3v) is 1.96. The fourth-order valence-corrected chi connectivity index (χ4v) is 0.922. The van der Waals surface area contributed by atoms with Gasteiger partial charge in [0.05, 0.1) is 0 Å². The summed E-state index contributed by atoms with van der Waals surface area (Å²) in [6, 6.07) is 8.06. The van der Waals surface area contributed by atoms with Gasteiger partial charge in [-0.1, -0.05) is 31.2 Å². The number of benzene rings is 1. The van der Waals surface area contributed by atoms with Gasteiger partial charge in [0, 0.05) is 0 Å². The lowest BCUT2D eigenvalue weighted by Gasteiger charge is -2.06. The van der Waals surface area contributed by atoms with Crippen LogP contribution in [0.2, 0.25) is 0 Å². The summed E-state index contributed by atoms with van der Waals surface area (Å²) in [5.74, 6) is 0.917. The van der Waals surface area contributed by atoms with Crippen molar-refractivity contribution in [3.63, 3.8) is 0 Å². The van der Waals surface area contributed by atoms with Crippen LogP contribution >= 0.6 is 0 Å². The Bertz CT molecular complexity index is 272. The van der Waals surface area contributed by atoms with Crippen molar-refractivity contribution in [3.05, 3.63) is 42.0 Å². The Labute approximate surface area is 80.0 Å². The average molecular weight is 176 g/mol. The predicted molar refractivity (Wildman–Crippen MR) is 56.1 cm³/mol. The normalized spacial score (nSPS) is 9.69. The third kappa shape index (κ3) is 3.32. The van der Waals surface area contributed by atoms with Crippen molar-refractivity contribution < 1.29 is 4.74 Å². The SMILES string of the molecule is C=C(CC)COc1ccc(C)cc1. The van der Waals surface area contributed by atoms with Gasteiger partial charge in [-0.15, -0.1) is 0 Å². The highest BCUT2D eigenvalue weighted by Crippen LogP contribution is 2.12. The van der Waals surface area contributed by atoms with Gasteiger partial charge in [-0.3, -0.25) is 0 Å². The predicted octanol–water partition coefficient (Wildman–Crippen LogP) is 3.34. The van der Waals surface area contributed by atoms with Gasteiger partial charge >= 0.3 is 0 Å². The zero-order valence-corrected chi connectivity index (χ0v) is 8.34. The van der Waals surface area contributed by atoms with Crippen LogP contribution in [0.3, 0.4) is 0 Å². The maximum atomic E-state index is 5.51. The second-order valence-electron chi connectivity index (χ2n) is 3.21. The summed E-state index contributed by atoms with van der Waals surface area (Å²) in [6.07, 6.45) is 0.978. The molecule has 1 aromatic carbocycles. The highest BCUT2D eigenvalue weighted by molar-refractivity contribution is 5.26. The maximum absolute atomic E-state index is 5.51. The van der Waals surface area contributed by atoms with E-state index in [4.69, 9.17) is 4.74 Å². The van der Waals surface area contributed by atoms with Crippen molar-refractivity contribution in [2.24, 2.45) is 0 Å². The van der Waals surface area contributed by atoms with E-state index in [1.807, 2.05) is 24.3 Å². The molecule has 13 heavy (non-hydrogen) atoms. The largest absolute Gasteiger partial charge is 0.489 e. The van der Waals surface area contributed by atoms with E-state index in [-0.39, 0.29) is 0 Å². The van der Waals surface area contributed by atoms with E-state index in [0.29, 0.717) is 6.61 Å². The first-order chi connectivity index (χ1) is 6.22. The standard InChI is InChI=1S/C12H16O/c1-4-10(2)9-13-12-7-5-11(3)6-8-12/h5-8H,2,4,9H2,1,3H3. The molecule has 0 unspecified atom stereocenters. The van der Waals surface area contributed by atoms with Gasteiger partial charge in [0.2, 0.25) is 0 Å². The van der Waals surface area contributed by atoms with Crippen LogP contribution in [-0.2, 0) is 0 Å². The van der Waals surface area contributed by atoms with Crippen molar-refractivity contribution in [1.29, 1.82) is 0 Å². The van der Waals surface area contributed by atoms with Crippen molar-refractivity contribution in [2.45, 2.75) is 20.3 Å². The molecule has 0 atom stereocenters. The maximum Gasteiger partial charge on any atom is 0.119 e. The van der Waals surface area contributed by atoms with Crippen molar-refractivity contribution in [3.8, 4) is 5.75 Å². The summed E-state index contributed by atoms with van der Waals surface area (Å²) in [5.41, 5.74) is 2.38. The highest BCUT2D eigenvalue weighted by Gasteiger charge is 1.94. The first-order valence-electron chi connectivity index (χ1n) is 4.58. The van der Waals surface area contributed by atoms with Gasteiger partial charge in [-0.05, 0) is 31.1 Å². The highest BCUT2D eigenvalue weighted by atomic mass is 16.5. The fourth-order valence-electron chi connectivity index (χ4n) is 0.922. The molecule has 1 rings (SSSR count). The number of rotatable bonds is 4. The lowest BCUT2D eigenvalue weighted by molar-refractivity contribution is 0.349. The number of aryl methyl sites for hydroxylation is 1. The Morgan fingerprint density at radius 2 is 1.92 bits per heavy atom. The van der Waals surface area contributed by atoms with Crippen molar-refractivity contribution in [2.75, 3.05) is 6.61 Å². The molecule has 0 aliphatic heterocycles. The minimum atomic E-state index is 0.625. The Kier molecular flexibility index (Phi) is 3.56. The molecule has 0 saturated carbocycles. The van der Waals surface area contributed by atoms with Crippen molar-refractivity contribution >= 4 is 0 Å². The molecule has 0 spiro atoms. The van der Waals surface area contributed by atoms with Crippen molar-refractivity contribution in [1.82, 2.24) is 0 Å². The smallest absolute Gasteiger partial charge is 0.119 e. The summed E-state index contributed by atoms with van der Waals surface area (Å²) in [6.45, 7) is 8.65. The third-order valence-electron chi connectivity index (χ3n) is 1.96. The number of hydrogen-bond acceptors (Lipinski definition) is 1. The quantitative estimate of drug-likeness (QED) is 0.639. The zero-order valence-electron chi connectivity index (χ0n) is 8.34. The Balaban J connectivity index is 2.46. The molecule has 0 aliphatic rings. The van der Waals surface area contributed by atoms with Gasteiger partial charge in [0.15, 0.2) is 0 Å². The lowest BCUT2D eigenvalue weighted by atomic mass is 10.2.